The average Bonchev–Trinajstić information content (AvgIpc) is 2.74. The fourth-order valence-corrected chi connectivity index (χ4v) is 3.50. The SMILES string of the molecule is CCOC(=O)/C=C/[C@H]1O[C@@H](OC)[C@H](I)[C@H]2OC(C)(C)O[C@H]21. The normalized spacial score (nSPS) is 38.4. The van der Waals surface area contributed by atoms with E-state index in [9.17, 15) is 4.79 Å². The molecule has 2 fully saturated rings. The van der Waals surface area contributed by atoms with E-state index in [0.29, 0.717) is 6.61 Å². The van der Waals surface area contributed by atoms with E-state index in [1.165, 1.54) is 6.08 Å². The monoisotopic (exact) mass is 412 g/mol. The highest BCUT2D eigenvalue weighted by Gasteiger charge is 2.54. The Hall–Kier alpha value is -0.220. The van der Waals surface area contributed by atoms with Crippen LogP contribution in [0.2, 0.25) is 0 Å². The molecule has 0 aromatic rings. The third-order valence-corrected chi connectivity index (χ3v) is 4.59. The van der Waals surface area contributed by atoms with Crippen molar-refractivity contribution in [3.05, 3.63) is 12.2 Å². The largest absolute Gasteiger partial charge is 0.463 e. The topological polar surface area (TPSA) is 63.2 Å². The number of halogens is 1. The Bertz CT molecular complexity index is 410. The molecule has 0 spiro atoms. The molecule has 2 heterocycles. The van der Waals surface area contributed by atoms with Gasteiger partial charge in [0.15, 0.2) is 12.1 Å². The first-order chi connectivity index (χ1) is 9.88. The third-order valence-electron chi connectivity index (χ3n) is 3.29. The van der Waals surface area contributed by atoms with Crippen molar-refractivity contribution in [2.75, 3.05) is 13.7 Å². The van der Waals surface area contributed by atoms with Gasteiger partial charge in [0.1, 0.15) is 18.3 Å². The number of esters is 1. The van der Waals surface area contributed by atoms with Crippen LogP contribution in [-0.4, -0.2) is 54.0 Å². The van der Waals surface area contributed by atoms with Crippen LogP contribution < -0.4 is 0 Å². The van der Waals surface area contributed by atoms with Crippen LogP contribution in [-0.2, 0) is 28.5 Å². The van der Waals surface area contributed by atoms with Crippen molar-refractivity contribution in [3.63, 3.8) is 0 Å². The molecule has 0 amide bonds. The van der Waals surface area contributed by atoms with Crippen LogP contribution in [0, 0.1) is 0 Å². The van der Waals surface area contributed by atoms with Gasteiger partial charge in [-0.1, -0.05) is 22.6 Å². The average molecular weight is 412 g/mol. The molecule has 21 heavy (non-hydrogen) atoms. The lowest BCUT2D eigenvalue weighted by atomic mass is 10.0. The smallest absolute Gasteiger partial charge is 0.330 e. The number of carbonyl (C=O) groups excluding carboxylic acids is 1. The van der Waals surface area contributed by atoms with Crippen molar-refractivity contribution in [2.24, 2.45) is 0 Å². The summed E-state index contributed by atoms with van der Waals surface area (Å²) < 4.78 is 27.9. The molecule has 2 aliphatic rings. The molecule has 0 aromatic carbocycles. The van der Waals surface area contributed by atoms with E-state index in [1.54, 1.807) is 20.1 Å². The highest BCUT2D eigenvalue weighted by Crippen LogP contribution is 2.40. The Balaban J connectivity index is 2.14. The minimum Gasteiger partial charge on any atom is -0.463 e. The van der Waals surface area contributed by atoms with Crippen LogP contribution in [0.25, 0.3) is 0 Å². The Morgan fingerprint density at radius 2 is 2.00 bits per heavy atom. The van der Waals surface area contributed by atoms with Crippen LogP contribution in [0.15, 0.2) is 12.2 Å². The first-order valence-electron chi connectivity index (χ1n) is 6.91. The second-order valence-corrected chi connectivity index (χ2v) is 6.76. The van der Waals surface area contributed by atoms with Gasteiger partial charge in [0.25, 0.3) is 0 Å². The van der Waals surface area contributed by atoms with E-state index in [0.717, 1.165) is 0 Å². The number of methoxy groups -OCH3 is 1. The van der Waals surface area contributed by atoms with E-state index >= 15 is 0 Å². The number of carbonyl (C=O) groups is 1. The lowest BCUT2D eigenvalue weighted by Gasteiger charge is -2.38. The summed E-state index contributed by atoms with van der Waals surface area (Å²) >= 11 is 2.25. The molecule has 0 radical (unpaired) electrons. The molecule has 0 unspecified atom stereocenters. The summed E-state index contributed by atoms with van der Waals surface area (Å²) in [7, 11) is 1.59. The third kappa shape index (κ3) is 3.95. The number of fused-ring (bicyclic) bond motifs is 1. The van der Waals surface area contributed by atoms with Gasteiger partial charge in [-0.05, 0) is 26.8 Å². The molecule has 0 aromatic heterocycles. The number of rotatable bonds is 4. The maximum Gasteiger partial charge on any atom is 0.330 e. The summed E-state index contributed by atoms with van der Waals surface area (Å²) in [6, 6.07) is 0. The van der Waals surface area contributed by atoms with Gasteiger partial charge in [0, 0.05) is 13.2 Å². The van der Waals surface area contributed by atoms with Gasteiger partial charge < -0.3 is 23.7 Å². The van der Waals surface area contributed by atoms with Gasteiger partial charge in [-0.2, -0.15) is 0 Å². The zero-order valence-electron chi connectivity index (χ0n) is 12.6. The van der Waals surface area contributed by atoms with Crippen molar-refractivity contribution in [1.29, 1.82) is 0 Å². The number of ether oxygens (including phenoxy) is 5. The first-order valence-corrected chi connectivity index (χ1v) is 8.15. The molecule has 0 bridgehead atoms. The molecular weight excluding hydrogens is 391 g/mol. The molecule has 0 saturated carbocycles. The van der Waals surface area contributed by atoms with Crippen LogP contribution >= 0.6 is 22.6 Å². The van der Waals surface area contributed by atoms with Gasteiger partial charge in [0.2, 0.25) is 0 Å². The maximum atomic E-state index is 11.5. The summed E-state index contributed by atoms with van der Waals surface area (Å²) in [5.41, 5.74) is 0. The fourth-order valence-electron chi connectivity index (χ4n) is 2.48. The molecule has 0 aliphatic carbocycles. The van der Waals surface area contributed by atoms with Crippen molar-refractivity contribution in [2.45, 2.75) is 55.1 Å². The molecule has 2 rings (SSSR count). The molecular formula is C14H21IO6. The van der Waals surface area contributed by atoms with Crippen molar-refractivity contribution < 1.29 is 28.5 Å². The Kier molecular flexibility index (Phi) is 5.64. The molecule has 5 atom stereocenters. The van der Waals surface area contributed by atoms with Crippen molar-refractivity contribution in [1.82, 2.24) is 0 Å². The minimum absolute atomic E-state index is 0.00613. The molecule has 0 N–H and O–H groups in total. The van der Waals surface area contributed by atoms with E-state index < -0.39 is 24.2 Å². The Morgan fingerprint density at radius 1 is 1.33 bits per heavy atom. The molecule has 120 valence electrons. The van der Waals surface area contributed by atoms with Gasteiger partial charge in [0.05, 0.1) is 10.5 Å². The molecule has 2 saturated heterocycles. The van der Waals surface area contributed by atoms with Gasteiger partial charge >= 0.3 is 5.97 Å². The Morgan fingerprint density at radius 3 is 2.62 bits per heavy atom. The van der Waals surface area contributed by atoms with Crippen molar-refractivity contribution in [3.8, 4) is 0 Å². The summed E-state index contributed by atoms with van der Waals surface area (Å²) in [5.74, 6) is -1.08. The highest BCUT2D eigenvalue weighted by atomic mass is 127. The zero-order valence-corrected chi connectivity index (χ0v) is 14.7. The second kappa shape index (κ2) is 6.91. The lowest BCUT2D eigenvalue weighted by Crippen LogP contribution is -2.53. The zero-order chi connectivity index (χ0) is 15.6. The summed E-state index contributed by atoms with van der Waals surface area (Å²) in [5, 5.41) is 0. The number of alkyl halides is 1. The summed E-state index contributed by atoms with van der Waals surface area (Å²) in [6.45, 7) is 5.83. The molecule has 2 aliphatic heterocycles. The van der Waals surface area contributed by atoms with E-state index in [4.69, 9.17) is 23.7 Å². The summed E-state index contributed by atoms with van der Waals surface area (Å²) in [4.78, 5) is 11.5. The standard InChI is InChI=1S/C14H21IO6/c1-5-18-9(16)7-6-8-11-12(21-14(2,3)20-11)10(15)13(17-4)19-8/h6-8,10-13H,5H2,1-4H3/b7-6+/t8-,10-,11+,12-,13-/m1/s1. The quantitative estimate of drug-likeness (QED) is 0.304. The Labute approximate surface area is 138 Å². The van der Waals surface area contributed by atoms with Crippen molar-refractivity contribution >= 4 is 28.6 Å². The fraction of sp³-hybridized carbons (Fsp3) is 0.786. The van der Waals surface area contributed by atoms with Crippen LogP contribution in [0.5, 0.6) is 0 Å². The highest BCUT2D eigenvalue weighted by molar-refractivity contribution is 14.1. The van der Waals surface area contributed by atoms with Gasteiger partial charge in [-0.25, -0.2) is 4.79 Å². The molecule has 7 heteroatoms. The van der Waals surface area contributed by atoms with E-state index in [1.807, 2.05) is 13.8 Å². The number of hydrogen-bond donors (Lipinski definition) is 0. The van der Waals surface area contributed by atoms with E-state index in [2.05, 4.69) is 22.6 Å². The molecule has 6 nitrogen and oxygen atoms in total. The van der Waals surface area contributed by atoms with Crippen LogP contribution in [0.4, 0.5) is 0 Å². The van der Waals surface area contributed by atoms with Gasteiger partial charge in [-0.15, -0.1) is 0 Å². The van der Waals surface area contributed by atoms with Crippen LogP contribution in [0.1, 0.15) is 20.8 Å². The predicted molar refractivity (Wildman–Crippen MR) is 83.1 cm³/mol. The van der Waals surface area contributed by atoms with Crippen LogP contribution in [0.3, 0.4) is 0 Å². The number of hydrogen-bond acceptors (Lipinski definition) is 6. The lowest BCUT2D eigenvalue weighted by molar-refractivity contribution is -0.200. The second-order valence-electron chi connectivity index (χ2n) is 5.33. The van der Waals surface area contributed by atoms with E-state index in [-0.39, 0.29) is 16.1 Å². The minimum atomic E-state index is -0.680. The maximum absolute atomic E-state index is 11.5. The summed E-state index contributed by atoms with van der Waals surface area (Å²) in [6.07, 6.45) is 1.74. The first kappa shape index (κ1) is 17.1. The predicted octanol–water partition coefficient (Wildman–Crippen LogP) is 1.80. The van der Waals surface area contributed by atoms with Gasteiger partial charge in [-0.3, -0.25) is 0 Å².